The van der Waals surface area contributed by atoms with Crippen molar-refractivity contribution in [2.24, 2.45) is 16.6 Å². The van der Waals surface area contributed by atoms with Crippen molar-refractivity contribution < 1.29 is 8.78 Å². The molecule has 138 valence electrons. The van der Waals surface area contributed by atoms with Crippen molar-refractivity contribution in [2.45, 2.75) is 38.0 Å². The molecule has 1 saturated heterocycles. The lowest BCUT2D eigenvalue weighted by Gasteiger charge is -2.35. The lowest BCUT2D eigenvalue weighted by atomic mass is 9.99. The van der Waals surface area contributed by atoms with E-state index in [1.165, 1.54) is 0 Å². The number of aliphatic imine (C=N–C) groups is 1. The standard InChI is InChI=1S/C17H26F2N6/c18-17(19)5-2-1-4-14(12-17)13-23-15(20)24-8-10-25(11-9-24)16-21-6-3-7-22-16/h3,6-7,14H,1-2,4-5,8-13H2,(H2,20,23). The van der Waals surface area contributed by atoms with Crippen molar-refractivity contribution in [2.75, 3.05) is 37.6 Å². The molecular weight excluding hydrogens is 326 g/mol. The zero-order valence-corrected chi connectivity index (χ0v) is 14.4. The van der Waals surface area contributed by atoms with Gasteiger partial charge in [0.1, 0.15) is 0 Å². The van der Waals surface area contributed by atoms with E-state index in [0.717, 1.165) is 45.0 Å². The van der Waals surface area contributed by atoms with Crippen LogP contribution in [-0.4, -0.2) is 59.5 Å². The van der Waals surface area contributed by atoms with Crippen molar-refractivity contribution in [3.63, 3.8) is 0 Å². The summed E-state index contributed by atoms with van der Waals surface area (Å²) in [5.74, 6) is -1.44. The Hall–Kier alpha value is -1.99. The van der Waals surface area contributed by atoms with Gasteiger partial charge in [0.15, 0.2) is 5.96 Å². The van der Waals surface area contributed by atoms with E-state index in [9.17, 15) is 8.78 Å². The number of nitrogens with zero attached hydrogens (tertiary/aromatic N) is 5. The fourth-order valence-electron chi connectivity index (χ4n) is 3.51. The van der Waals surface area contributed by atoms with E-state index in [0.29, 0.717) is 18.9 Å². The smallest absolute Gasteiger partial charge is 0.248 e. The largest absolute Gasteiger partial charge is 0.370 e. The van der Waals surface area contributed by atoms with E-state index < -0.39 is 5.92 Å². The van der Waals surface area contributed by atoms with Crippen molar-refractivity contribution in [3.05, 3.63) is 18.5 Å². The highest BCUT2D eigenvalue weighted by molar-refractivity contribution is 5.78. The van der Waals surface area contributed by atoms with Crippen LogP contribution in [0.3, 0.4) is 0 Å². The van der Waals surface area contributed by atoms with Gasteiger partial charge in [-0.15, -0.1) is 0 Å². The maximum Gasteiger partial charge on any atom is 0.248 e. The summed E-state index contributed by atoms with van der Waals surface area (Å²) in [6.45, 7) is 3.38. The maximum absolute atomic E-state index is 13.7. The third-order valence-corrected chi connectivity index (χ3v) is 4.94. The normalized spacial score (nSPS) is 24.9. The number of nitrogens with two attached hydrogens (primary N) is 1. The van der Waals surface area contributed by atoms with Crippen molar-refractivity contribution in [1.29, 1.82) is 0 Å². The first-order valence-electron chi connectivity index (χ1n) is 8.98. The number of rotatable bonds is 3. The summed E-state index contributed by atoms with van der Waals surface area (Å²) in [5.41, 5.74) is 6.10. The minimum Gasteiger partial charge on any atom is -0.370 e. The zero-order chi connectivity index (χ0) is 17.7. The Bertz CT molecular complexity index is 572. The van der Waals surface area contributed by atoms with Crippen molar-refractivity contribution in [1.82, 2.24) is 14.9 Å². The summed E-state index contributed by atoms with van der Waals surface area (Å²) >= 11 is 0. The molecule has 0 bridgehead atoms. The minimum atomic E-state index is -2.55. The van der Waals surface area contributed by atoms with Crippen LogP contribution < -0.4 is 10.6 Å². The number of guanidine groups is 1. The van der Waals surface area contributed by atoms with Crippen LogP contribution in [0.1, 0.15) is 32.1 Å². The van der Waals surface area contributed by atoms with E-state index >= 15 is 0 Å². The van der Waals surface area contributed by atoms with Gasteiger partial charge in [-0.2, -0.15) is 0 Å². The van der Waals surface area contributed by atoms with Crippen LogP contribution >= 0.6 is 0 Å². The summed E-state index contributed by atoms with van der Waals surface area (Å²) in [4.78, 5) is 17.0. The van der Waals surface area contributed by atoms with Gasteiger partial charge in [0.2, 0.25) is 11.9 Å². The van der Waals surface area contributed by atoms with Gasteiger partial charge in [0, 0.05) is 58.0 Å². The lowest BCUT2D eigenvalue weighted by molar-refractivity contribution is -0.0241. The molecule has 8 heteroatoms. The predicted molar refractivity (Wildman–Crippen MR) is 93.8 cm³/mol. The van der Waals surface area contributed by atoms with Gasteiger partial charge in [-0.3, -0.25) is 4.99 Å². The average Bonchev–Trinajstić information content (AvgIpc) is 2.80. The molecule has 0 radical (unpaired) electrons. The average molecular weight is 352 g/mol. The van der Waals surface area contributed by atoms with Gasteiger partial charge in [0.05, 0.1) is 0 Å². The molecule has 2 N–H and O–H groups in total. The van der Waals surface area contributed by atoms with Crippen LogP contribution in [-0.2, 0) is 0 Å². The zero-order valence-electron chi connectivity index (χ0n) is 14.4. The topological polar surface area (TPSA) is 70.6 Å². The molecule has 1 aromatic rings. The molecular formula is C17H26F2N6. The highest BCUT2D eigenvalue weighted by Gasteiger charge is 2.34. The summed E-state index contributed by atoms with van der Waals surface area (Å²) in [6, 6.07) is 1.79. The highest BCUT2D eigenvalue weighted by atomic mass is 19.3. The second kappa shape index (κ2) is 7.93. The number of alkyl halides is 2. The fourth-order valence-corrected chi connectivity index (χ4v) is 3.51. The van der Waals surface area contributed by atoms with Crippen molar-refractivity contribution >= 4 is 11.9 Å². The van der Waals surface area contributed by atoms with Crippen LogP contribution in [0.4, 0.5) is 14.7 Å². The monoisotopic (exact) mass is 352 g/mol. The maximum atomic E-state index is 13.7. The number of hydrogen-bond acceptors (Lipinski definition) is 4. The van der Waals surface area contributed by atoms with Crippen LogP contribution in [0, 0.1) is 5.92 Å². The second-order valence-corrected chi connectivity index (χ2v) is 6.89. The van der Waals surface area contributed by atoms with E-state index in [2.05, 4.69) is 19.9 Å². The van der Waals surface area contributed by atoms with Gasteiger partial charge >= 0.3 is 0 Å². The molecule has 2 aliphatic rings. The molecule has 6 nitrogen and oxygen atoms in total. The molecule has 1 aromatic heterocycles. The molecule has 0 aromatic carbocycles. The van der Waals surface area contributed by atoms with Crippen molar-refractivity contribution in [3.8, 4) is 0 Å². The second-order valence-electron chi connectivity index (χ2n) is 6.89. The molecule has 0 amide bonds. The molecule has 0 spiro atoms. The lowest BCUT2D eigenvalue weighted by Crippen LogP contribution is -2.51. The van der Waals surface area contributed by atoms with E-state index in [-0.39, 0.29) is 18.8 Å². The molecule has 1 saturated carbocycles. The third-order valence-electron chi connectivity index (χ3n) is 4.94. The number of halogens is 2. The van der Waals surface area contributed by atoms with Gasteiger partial charge in [-0.25, -0.2) is 18.7 Å². The number of hydrogen-bond donors (Lipinski definition) is 1. The SMILES string of the molecule is NC(=NCC1CCCCC(F)(F)C1)N1CCN(c2ncccn2)CC1. The Balaban J connectivity index is 1.50. The molecule has 1 unspecified atom stereocenters. The summed E-state index contributed by atoms with van der Waals surface area (Å²) in [5, 5.41) is 0. The van der Waals surface area contributed by atoms with Gasteiger partial charge in [0.25, 0.3) is 0 Å². The van der Waals surface area contributed by atoms with Crippen LogP contribution in [0.25, 0.3) is 0 Å². The molecule has 1 aliphatic carbocycles. The third kappa shape index (κ3) is 4.99. The first kappa shape index (κ1) is 17.8. The molecule has 25 heavy (non-hydrogen) atoms. The van der Waals surface area contributed by atoms with E-state index in [4.69, 9.17) is 5.73 Å². The summed E-state index contributed by atoms with van der Waals surface area (Å²) < 4.78 is 27.4. The quantitative estimate of drug-likeness (QED) is 0.513. The Labute approximate surface area is 147 Å². The van der Waals surface area contributed by atoms with Gasteiger partial charge in [-0.05, 0) is 24.8 Å². The Kier molecular flexibility index (Phi) is 5.65. The molecule has 1 atom stereocenters. The van der Waals surface area contributed by atoms with E-state index in [1.54, 1.807) is 18.5 Å². The Morgan fingerprint density at radius 1 is 1.20 bits per heavy atom. The predicted octanol–water partition coefficient (Wildman–Crippen LogP) is 2.13. The number of anilines is 1. The summed E-state index contributed by atoms with van der Waals surface area (Å²) in [7, 11) is 0. The first-order valence-corrected chi connectivity index (χ1v) is 8.98. The summed E-state index contributed by atoms with van der Waals surface area (Å²) in [6.07, 6.45) is 5.67. The molecule has 2 fully saturated rings. The molecule has 2 heterocycles. The van der Waals surface area contributed by atoms with Crippen LogP contribution in [0.5, 0.6) is 0 Å². The van der Waals surface area contributed by atoms with Crippen LogP contribution in [0.15, 0.2) is 23.5 Å². The van der Waals surface area contributed by atoms with Crippen LogP contribution in [0.2, 0.25) is 0 Å². The molecule has 1 aliphatic heterocycles. The van der Waals surface area contributed by atoms with E-state index in [1.807, 2.05) is 4.90 Å². The number of piperazine rings is 1. The van der Waals surface area contributed by atoms with Gasteiger partial charge in [-0.1, -0.05) is 6.42 Å². The molecule has 3 rings (SSSR count). The fraction of sp³-hybridized carbons (Fsp3) is 0.706. The first-order chi connectivity index (χ1) is 12.0. The Morgan fingerprint density at radius 3 is 2.64 bits per heavy atom. The van der Waals surface area contributed by atoms with Gasteiger partial charge < -0.3 is 15.5 Å². The highest BCUT2D eigenvalue weighted by Crippen LogP contribution is 2.35. The number of aromatic nitrogens is 2. The Morgan fingerprint density at radius 2 is 1.92 bits per heavy atom. The minimum absolute atomic E-state index is 0.00616.